The topological polar surface area (TPSA) is 73.8 Å². The summed E-state index contributed by atoms with van der Waals surface area (Å²) in [5.41, 5.74) is 2.53. The van der Waals surface area contributed by atoms with Crippen molar-refractivity contribution in [1.82, 2.24) is 10.6 Å². The van der Waals surface area contributed by atoms with E-state index in [1.165, 1.54) is 0 Å². The Balaban J connectivity index is 1.53. The molecule has 0 spiro atoms. The summed E-state index contributed by atoms with van der Waals surface area (Å²) in [6, 6.07) is 4.64. The summed E-state index contributed by atoms with van der Waals surface area (Å²) in [5.74, 6) is 1.18. The molecule has 29 heavy (non-hydrogen) atoms. The number of nitrogens with zero attached hydrogens (tertiary/aromatic N) is 1. The van der Waals surface area contributed by atoms with Crippen molar-refractivity contribution < 1.29 is 14.6 Å². The fourth-order valence-electron chi connectivity index (χ4n) is 4.76. The normalized spacial score (nSPS) is 29.1. The summed E-state index contributed by atoms with van der Waals surface area (Å²) in [6.45, 7) is 1.72. The quantitative estimate of drug-likeness (QED) is 0.712. The summed E-state index contributed by atoms with van der Waals surface area (Å²) in [6.07, 6.45) is 11.5. The first kappa shape index (κ1) is 20.1. The van der Waals surface area contributed by atoms with Gasteiger partial charge in [0.15, 0.2) is 0 Å². The van der Waals surface area contributed by atoms with E-state index >= 15 is 0 Å². The monoisotopic (exact) mass is 397 g/mol. The molecular weight excluding hydrogens is 366 g/mol. The van der Waals surface area contributed by atoms with Crippen molar-refractivity contribution in [2.75, 3.05) is 25.6 Å². The molecule has 3 aliphatic rings. The van der Waals surface area contributed by atoms with Gasteiger partial charge < -0.3 is 25.4 Å². The lowest BCUT2D eigenvalue weighted by Crippen LogP contribution is -2.54. The number of carbonyl (C=O) groups is 1. The number of aliphatic hydroxyl groups is 1. The van der Waals surface area contributed by atoms with E-state index < -0.39 is 6.10 Å². The van der Waals surface area contributed by atoms with Crippen molar-refractivity contribution in [2.24, 2.45) is 5.92 Å². The van der Waals surface area contributed by atoms with Crippen LogP contribution in [-0.2, 0) is 11.3 Å². The Morgan fingerprint density at radius 3 is 2.97 bits per heavy atom. The van der Waals surface area contributed by atoms with Gasteiger partial charge in [0.2, 0.25) is 5.91 Å². The Bertz CT molecular complexity index is 820. The highest BCUT2D eigenvalue weighted by atomic mass is 16.5. The fraction of sp³-hybridized carbons (Fsp3) is 0.522. The summed E-state index contributed by atoms with van der Waals surface area (Å²) < 4.78 is 5.61. The van der Waals surface area contributed by atoms with E-state index in [1.807, 2.05) is 12.1 Å². The van der Waals surface area contributed by atoms with Crippen LogP contribution < -0.4 is 20.3 Å². The maximum absolute atomic E-state index is 12.2. The fourth-order valence-corrected chi connectivity index (χ4v) is 4.76. The van der Waals surface area contributed by atoms with Crippen LogP contribution in [0.15, 0.2) is 36.4 Å². The summed E-state index contributed by atoms with van der Waals surface area (Å²) >= 11 is 0. The molecule has 4 rings (SSSR count). The van der Waals surface area contributed by atoms with Crippen molar-refractivity contribution >= 4 is 11.6 Å². The molecular formula is C23H31N3O3. The SMILES string of the molecule is COc1cc2c(cc1CNC1CCCN[C@H]1C1C=CC=CC1)N(C)C(=O)CC2O. The number of rotatable bonds is 5. The van der Waals surface area contributed by atoms with Gasteiger partial charge >= 0.3 is 0 Å². The number of anilines is 1. The Hall–Kier alpha value is -2.15. The number of hydrogen-bond acceptors (Lipinski definition) is 5. The van der Waals surface area contributed by atoms with Gasteiger partial charge in [0.05, 0.1) is 19.6 Å². The van der Waals surface area contributed by atoms with Gasteiger partial charge in [-0.25, -0.2) is 0 Å². The third kappa shape index (κ3) is 4.10. The van der Waals surface area contributed by atoms with Crippen LogP contribution in [-0.4, -0.2) is 43.8 Å². The molecule has 0 bridgehead atoms. The van der Waals surface area contributed by atoms with Crippen molar-refractivity contribution in [3.05, 3.63) is 47.6 Å². The van der Waals surface area contributed by atoms with E-state index in [2.05, 4.69) is 34.9 Å². The molecule has 2 heterocycles. The molecule has 0 saturated carbocycles. The van der Waals surface area contributed by atoms with Crippen molar-refractivity contribution in [3.8, 4) is 5.75 Å². The Morgan fingerprint density at radius 2 is 2.21 bits per heavy atom. The van der Waals surface area contributed by atoms with Crippen molar-refractivity contribution in [3.63, 3.8) is 0 Å². The first-order valence-electron chi connectivity index (χ1n) is 10.5. The predicted molar refractivity (Wildman–Crippen MR) is 114 cm³/mol. The molecule has 1 saturated heterocycles. The minimum Gasteiger partial charge on any atom is -0.496 e. The van der Waals surface area contributed by atoms with Gasteiger partial charge in [0.25, 0.3) is 0 Å². The number of nitrogens with one attached hydrogen (secondary N) is 2. The summed E-state index contributed by atoms with van der Waals surface area (Å²) in [7, 11) is 3.42. The third-order valence-corrected chi connectivity index (χ3v) is 6.43. The van der Waals surface area contributed by atoms with Crippen LogP contribution in [0.25, 0.3) is 0 Å². The zero-order chi connectivity index (χ0) is 20.4. The van der Waals surface area contributed by atoms with E-state index in [1.54, 1.807) is 19.1 Å². The number of benzene rings is 1. The van der Waals surface area contributed by atoms with Gasteiger partial charge in [0.1, 0.15) is 5.75 Å². The molecule has 1 aromatic rings. The van der Waals surface area contributed by atoms with Gasteiger partial charge in [-0.05, 0) is 43.9 Å². The molecule has 3 N–H and O–H groups in total. The number of fused-ring (bicyclic) bond motifs is 1. The van der Waals surface area contributed by atoms with Crippen LogP contribution in [0, 0.1) is 5.92 Å². The molecule has 0 aromatic heterocycles. The predicted octanol–water partition coefficient (Wildman–Crippen LogP) is 2.44. The number of methoxy groups -OCH3 is 1. The lowest BCUT2D eigenvalue weighted by molar-refractivity contribution is -0.120. The van der Waals surface area contributed by atoms with E-state index in [-0.39, 0.29) is 12.3 Å². The van der Waals surface area contributed by atoms with Gasteiger partial charge in [-0.15, -0.1) is 0 Å². The number of piperidine rings is 1. The van der Waals surface area contributed by atoms with E-state index in [4.69, 9.17) is 4.74 Å². The molecule has 6 nitrogen and oxygen atoms in total. The lowest BCUT2D eigenvalue weighted by atomic mass is 9.84. The number of aliphatic hydroxyl groups excluding tert-OH is 1. The van der Waals surface area contributed by atoms with Crippen LogP contribution in [0.1, 0.15) is 42.9 Å². The second-order valence-corrected chi connectivity index (χ2v) is 8.22. The molecule has 1 amide bonds. The first-order chi connectivity index (χ1) is 14.1. The number of ether oxygens (including phenoxy) is 1. The zero-order valence-electron chi connectivity index (χ0n) is 17.2. The molecule has 2 aliphatic heterocycles. The number of carbonyl (C=O) groups excluding carboxylic acids is 1. The van der Waals surface area contributed by atoms with Crippen LogP contribution >= 0.6 is 0 Å². The van der Waals surface area contributed by atoms with Crippen molar-refractivity contribution in [1.29, 1.82) is 0 Å². The second-order valence-electron chi connectivity index (χ2n) is 8.22. The summed E-state index contributed by atoms with van der Waals surface area (Å²) in [5, 5.41) is 17.8. The Morgan fingerprint density at radius 1 is 1.34 bits per heavy atom. The Kier molecular flexibility index (Phi) is 6.04. The highest BCUT2D eigenvalue weighted by Crippen LogP contribution is 2.38. The molecule has 4 atom stereocenters. The van der Waals surface area contributed by atoms with Gasteiger partial charge in [-0.3, -0.25) is 4.79 Å². The third-order valence-electron chi connectivity index (χ3n) is 6.43. The largest absolute Gasteiger partial charge is 0.496 e. The maximum atomic E-state index is 12.2. The van der Waals surface area contributed by atoms with E-state index in [0.717, 1.165) is 48.4 Å². The van der Waals surface area contributed by atoms with Gasteiger partial charge in [0, 0.05) is 42.5 Å². The Labute approximate surface area is 172 Å². The highest BCUT2D eigenvalue weighted by Gasteiger charge is 2.32. The van der Waals surface area contributed by atoms with Crippen LogP contribution in [0.2, 0.25) is 0 Å². The zero-order valence-corrected chi connectivity index (χ0v) is 17.2. The average Bonchev–Trinajstić information content (AvgIpc) is 2.76. The van der Waals surface area contributed by atoms with Crippen LogP contribution in [0.5, 0.6) is 5.75 Å². The molecule has 6 heteroatoms. The number of amides is 1. The molecule has 1 aliphatic carbocycles. The molecule has 1 fully saturated rings. The highest BCUT2D eigenvalue weighted by molar-refractivity contribution is 5.96. The second kappa shape index (κ2) is 8.69. The average molecular weight is 398 g/mol. The molecule has 1 aromatic carbocycles. The van der Waals surface area contributed by atoms with Crippen molar-refractivity contribution in [2.45, 2.75) is 50.4 Å². The van der Waals surface area contributed by atoms with E-state index in [9.17, 15) is 9.90 Å². The minimum absolute atomic E-state index is 0.0669. The molecule has 3 unspecified atom stereocenters. The van der Waals surface area contributed by atoms with Crippen LogP contribution in [0.3, 0.4) is 0 Å². The minimum atomic E-state index is -0.775. The van der Waals surface area contributed by atoms with Gasteiger partial charge in [-0.2, -0.15) is 0 Å². The maximum Gasteiger partial charge on any atom is 0.229 e. The summed E-state index contributed by atoms with van der Waals surface area (Å²) in [4.78, 5) is 13.8. The first-order valence-corrected chi connectivity index (χ1v) is 10.5. The number of allylic oxidation sites excluding steroid dienone is 3. The standard InChI is InChI=1S/C23H31N3O3/c1-26-19-11-16(21(29-2)12-17(19)20(27)13-22(26)28)14-25-18-9-6-10-24-23(18)15-7-4-3-5-8-15/h3-5,7,11-12,15,18,20,23-25,27H,6,8-10,13-14H2,1-2H3/t15?,18?,20?,23-/m0/s1. The molecule has 0 radical (unpaired) electrons. The molecule has 156 valence electrons. The smallest absolute Gasteiger partial charge is 0.229 e. The van der Waals surface area contributed by atoms with E-state index in [0.29, 0.717) is 24.5 Å². The van der Waals surface area contributed by atoms with Gasteiger partial charge in [-0.1, -0.05) is 24.3 Å². The lowest BCUT2D eigenvalue weighted by Gasteiger charge is -2.38. The van der Waals surface area contributed by atoms with Crippen LogP contribution in [0.4, 0.5) is 5.69 Å². The number of hydrogen-bond donors (Lipinski definition) is 3.